The molecule has 1 aromatic rings. The summed E-state index contributed by atoms with van der Waals surface area (Å²) >= 11 is 0. The SMILES string of the molecule is CCCCCCCCCCC(C)OC(CC)(Oc1ccccc1)C(=O)O.N. The molecule has 2 unspecified atom stereocenters. The summed E-state index contributed by atoms with van der Waals surface area (Å²) in [7, 11) is 0. The normalized spacial score (nSPS) is 14.0. The Morgan fingerprint density at radius 2 is 1.56 bits per heavy atom. The van der Waals surface area contributed by atoms with Crippen LogP contribution in [0.4, 0.5) is 0 Å². The summed E-state index contributed by atoms with van der Waals surface area (Å²) < 4.78 is 11.6. The van der Waals surface area contributed by atoms with Crippen LogP contribution in [0.15, 0.2) is 30.3 Å². The van der Waals surface area contributed by atoms with Gasteiger partial charge in [0.1, 0.15) is 5.75 Å². The van der Waals surface area contributed by atoms with E-state index in [2.05, 4.69) is 6.92 Å². The van der Waals surface area contributed by atoms with Crippen molar-refractivity contribution in [1.82, 2.24) is 6.15 Å². The molecule has 0 aliphatic heterocycles. The number of carboxylic acids is 1. The number of rotatable bonds is 15. The standard InChI is InChI=1S/C22H36O4.H3N/c1-4-6-7-8-9-10-11-13-16-19(3)25-22(5-2,21(23)24)26-20-17-14-12-15-18-20;/h12,14-15,17-19H,4-11,13,16H2,1-3H3,(H,23,24);1H3. The third kappa shape index (κ3) is 9.78. The Labute approximate surface area is 165 Å². The van der Waals surface area contributed by atoms with Gasteiger partial charge in [0.2, 0.25) is 0 Å². The van der Waals surface area contributed by atoms with Gasteiger partial charge in [-0.2, -0.15) is 0 Å². The predicted molar refractivity (Wildman–Crippen MR) is 111 cm³/mol. The van der Waals surface area contributed by atoms with Crippen LogP contribution in [0.25, 0.3) is 0 Å². The first-order valence-electron chi connectivity index (χ1n) is 10.2. The number of hydrogen-bond donors (Lipinski definition) is 2. The monoisotopic (exact) mass is 381 g/mol. The Hall–Kier alpha value is -1.59. The van der Waals surface area contributed by atoms with Gasteiger partial charge in [-0.05, 0) is 25.5 Å². The van der Waals surface area contributed by atoms with Crippen molar-refractivity contribution in [3.05, 3.63) is 30.3 Å². The maximum atomic E-state index is 11.8. The minimum atomic E-state index is -1.62. The minimum Gasteiger partial charge on any atom is -0.476 e. The molecule has 0 fully saturated rings. The fourth-order valence-corrected chi connectivity index (χ4v) is 3.05. The van der Waals surface area contributed by atoms with Gasteiger partial charge in [-0.1, -0.05) is 83.4 Å². The predicted octanol–water partition coefficient (Wildman–Crippen LogP) is 6.35. The molecule has 1 rings (SSSR count). The van der Waals surface area contributed by atoms with Crippen LogP contribution in [0.2, 0.25) is 0 Å². The zero-order valence-corrected chi connectivity index (χ0v) is 17.4. The molecule has 5 nitrogen and oxygen atoms in total. The number of hydrogen-bond acceptors (Lipinski definition) is 4. The van der Waals surface area contributed by atoms with Crippen LogP contribution in [0.1, 0.15) is 85.0 Å². The first-order chi connectivity index (χ1) is 12.5. The quantitative estimate of drug-likeness (QED) is 0.273. The summed E-state index contributed by atoms with van der Waals surface area (Å²) in [6, 6.07) is 9.01. The molecule has 1 aromatic carbocycles. The van der Waals surface area contributed by atoms with Crippen molar-refractivity contribution >= 4 is 5.97 Å². The van der Waals surface area contributed by atoms with Gasteiger partial charge in [-0.25, -0.2) is 4.79 Å². The van der Waals surface area contributed by atoms with Gasteiger partial charge in [-0.3, -0.25) is 0 Å². The van der Waals surface area contributed by atoms with E-state index in [0.717, 1.165) is 12.8 Å². The average molecular weight is 382 g/mol. The van der Waals surface area contributed by atoms with E-state index in [4.69, 9.17) is 9.47 Å². The van der Waals surface area contributed by atoms with Gasteiger partial charge in [0.15, 0.2) is 0 Å². The van der Waals surface area contributed by atoms with Gasteiger partial charge in [0.25, 0.3) is 0 Å². The summed E-state index contributed by atoms with van der Waals surface area (Å²) in [4.78, 5) is 11.8. The van der Waals surface area contributed by atoms with Crippen LogP contribution < -0.4 is 10.9 Å². The zero-order valence-electron chi connectivity index (χ0n) is 17.4. The molecule has 0 amide bonds. The fourth-order valence-electron chi connectivity index (χ4n) is 3.05. The molecule has 0 heterocycles. The zero-order chi connectivity index (χ0) is 19.3. The van der Waals surface area contributed by atoms with Crippen LogP contribution in [-0.2, 0) is 9.53 Å². The molecule has 4 N–H and O–H groups in total. The number of benzene rings is 1. The lowest BCUT2D eigenvalue weighted by atomic mass is 10.1. The second-order valence-corrected chi connectivity index (χ2v) is 7.02. The number of unbranched alkanes of at least 4 members (excludes halogenated alkanes) is 7. The highest BCUT2D eigenvalue weighted by molar-refractivity contribution is 5.76. The van der Waals surface area contributed by atoms with Crippen molar-refractivity contribution in [2.45, 2.75) is 96.9 Å². The fraction of sp³-hybridized carbons (Fsp3) is 0.682. The Kier molecular flexibility index (Phi) is 13.6. The van der Waals surface area contributed by atoms with Gasteiger partial charge < -0.3 is 20.7 Å². The molecule has 0 radical (unpaired) electrons. The van der Waals surface area contributed by atoms with Crippen LogP contribution in [0.3, 0.4) is 0 Å². The number of aliphatic carboxylic acids is 1. The Balaban J connectivity index is 0.00000676. The number of ether oxygens (including phenoxy) is 2. The van der Waals surface area contributed by atoms with Crippen molar-refractivity contribution in [2.24, 2.45) is 0 Å². The molecular formula is C22H39NO4. The molecule has 0 saturated heterocycles. The summed E-state index contributed by atoms with van der Waals surface area (Å²) in [6.45, 7) is 5.94. The van der Waals surface area contributed by atoms with E-state index in [1.54, 1.807) is 19.1 Å². The summed E-state index contributed by atoms with van der Waals surface area (Å²) in [5, 5.41) is 9.70. The van der Waals surface area contributed by atoms with Crippen LogP contribution in [-0.4, -0.2) is 23.0 Å². The van der Waals surface area contributed by atoms with Crippen LogP contribution >= 0.6 is 0 Å². The van der Waals surface area contributed by atoms with Gasteiger partial charge >= 0.3 is 11.8 Å². The molecule has 0 bridgehead atoms. The van der Waals surface area contributed by atoms with Gasteiger partial charge in [-0.15, -0.1) is 0 Å². The maximum absolute atomic E-state index is 11.8. The molecule has 5 heteroatoms. The second kappa shape index (κ2) is 14.5. The van der Waals surface area contributed by atoms with Crippen molar-refractivity contribution in [3.8, 4) is 5.75 Å². The second-order valence-electron chi connectivity index (χ2n) is 7.02. The molecule has 0 saturated carbocycles. The first-order valence-corrected chi connectivity index (χ1v) is 10.2. The molecule has 156 valence electrons. The highest BCUT2D eigenvalue weighted by atomic mass is 16.7. The lowest BCUT2D eigenvalue weighted by Crippen LogP contribution is -2.48. The topological polar surface area (TPSA) is 90.8 Å². The van der Waals surface area contributed by atoms with Crippen LogP contribution in [0, 0.1) is 0 Å². The smallest absolute Gasteiger partial charge is 0.377 e. The molecular weight excluding hydrogens is 342 g/mol. The van der Waals surface area contributed by atoms with E-state index < -0.39 is 11.8 Å². The number of carbonyl (C=O) groups is 1. The summed E-state index contributed by atoms with van der Waals surface area (Å²) in [5.74, 6) is -2.19. The van der Waals surface area contributed by atoms with Crippen molar-refractivity contribution in [1.29, 1.82) is 0 Å². The third-order valence-electron chi connectivity index (χ3n) is 4.67. The molecule has 0 aliphatic rings. The van der Waals surface area contributed by atoms with E-state index in [-0.39, 0.29) is 18.7 Å². The Morgan fingerprint density at radius 3 is 2.07 bits per heavy atom. The maximum Gasteiger partial charge on any atom is 0.377 e. The van der Waals surface area contributed by atoms with E-state index in [9.17, 15) is 9.90 Å². The van der Waals surface area contributed by atoms with E-state index >= 15 is 0 Å². The summed E-state index contributed by atoms with van der Waals surface area (Å²) in [6.07, 6.45) is 11.0. The highest BCUT2D eigenvalue weighted by Crippen LogP contribution is 2.26. The minimum absolute atomic E-state index is 0. The lowest BCUT2D eigenvalue weighted by Gasteiger charge is -2.32. The molecule has 0 spiro atoms. The van der Waals surface area contributed by atoms with E-state index in [1.165, 1.54) is 44.9 Å². The Morgan fingerprint density at radius 1 is 1.00 bits per heavy atom. The van der Waals surface area contributed by atoms with E-state index in [0.29, 0.717) is 5.75 Å². The lowest BCUT2D eigenvalue weighted by molar-refractivity contribution is -0.227. The molecule has 0 aromatic heterocycles. The highest BCUT2D eigenvalue weighted by Gasteiger charge is 2.42. The third-order valence-corrected chi connectivity index (χ3v) is 4.67. The number of carboxylic acid groups (broad SMARTS) is 1. The van der Waals surface area contributed by atoms with Crippen molar-refractivity contribution in [3.63, 3.8) is 0 Å². The molecule has 2 atom stereocenters. The van der Waals surface area contributed by atoms with Gasteiger partial charge in [0.05, 0.1) is 6.10 Å². The van der Waals surface area contributed by atoms with Gasteiger partial charge in [0, 0.05) is 6.42 Å². The van der Waals surface area contributed by atoms with Crippen molar-refractivity contribution < 1.29 is 19.4 Å². The molecule has 0 aliphatic carbocycles. The average Bonchev–Trinajstić information content (AvgIpc) is 2.64. The summed E-state index contributed by atoms with van der Waals surface area (Å²) in [5.41, 5.74) is 0. The largest absolute Gasteiger partial charge is 0.476 e. The first kappa shape index (κ1) is 25.4. The van der Waals surface area contributed by atoms with Crippen LogP contribution in [0.5, 0.6) is 5.75 Å². The molecule has 27 heavy (non-hydrogen) atoms. The number of para-hydroxylation sites is 1. The van der Waals surface area contributed by atoms with E-state index in [1.807, 2.05) is 25.1 Å². The van der Waals surface area contributed by atoms with Crippen molar-refractivity contribution in [2.75, 3.05) is 0 Å². The Bertz CT molecular complexity index is 494.